The smallest absolute Gasteiger partial charge is 0.198 e. The van der Waals surface area contributed by atoms with Crippen molar-refractivity contribution in [3.05, 3.63) is 23.0 Å². The van der Waals surface area contributed by atoms with Crippen LogP contribution in [0.1, 0.15) is 5.56 Å². The second-order valence-corrected chi connectivity index (χ2v) is 4.25. The van der Waals surface area contributed by atoms with E-state index < -0.39 is 17.5 Å². The van der Waals surface area contributed by atoms with Crippen LogP contribution in [-0.2, 0) is 0 Å². The van der Waals surface area contributed by atoms with Crippen LogP contribution in [-0.4, -0.2) is 7.05 Å². The molecule has 1 rings (SSSR count). The molecule has 0 saturated carbocycles. The lowest BCUT2D eigenvalue weighted by Crippen LogP contribution is -2.11. The molecular formula is C8H8F3IN2. The van der Waals surface area contributed by atoms with Crippen molar-refractivity contribution >= 4 is 34.2 Å². The molecule has 0 aliphatic heterocycles. The van der Waals surface area contributed by atoms with Gasteiger partial charge in [-0.3, -0.25) is 0 Å². The Kier molecular flexibility index (Phi) is 3.13. The fourth-order valence-electron chi connectivity index (χ4n) is 1.14. The summed E-state index contributed by atoms with van der Waals surface area (Å²) in [4.78, 5) is 0. The maximum Gasteiger partial charge on any atom is 0.198 e. The summed E-state index contributed by atoms with van der Waals surface area (Å²) in [5.41, 5.74) is 5.07. The maximum absolute atomic E-state index is 13.2. The van der Waals surface area contributed by atoms with Crippen LogP contribution >= 0.6 is 22.9 Å². The molecule has 0 fully saturated rings. The third-order valence-electron chi connectivity index (χ3n) is 1.90. The van der Waals surface area contributed by atoms with Crippen molar-refractivity contribution < 1.29 is 13.2 Å². The highest BCUT2D eigenvalue weighted by molar-refractivity contribution is 14.1. The van der Waals surface area contributed by atoms with Gasteiger partial charge in [-0.15, -0.1) is 0 Å². The van der Waals surface area contributed by atoms with Gasteiger partial charge in [-0.2, -0.15) is 0 Å². The molecule has 2 nitrogen and oxygen atoms in total. The number of halogens is 4. The molecule has 0 bridgehead atoms. The molecule has 0 atom stereocenters. The van der Waals surface area contributed by atoms with Crippen LogP contribution in [0.3, 0.4) is 0 Å². The normalized spacial score (nSPS) is 10.4. The number of hydrogen-bond acceptors (Lipinski definition) is 2. The van der Waals surface area contributed by atoms with Crippen LogP contribution in [0.15, 0.2) is 0 Å². The average molecular weight is 316 g/mol. The van der Waals surface area contributed by atoms with E-state index in [0.29, 0.717) is 0 Å². The van der Waals surface area contributed by atoms with Crippen molar-refractivity contribution in [2.45, 2.75) is 6.92 Å². The fourth-order valence-corrected chi connectivity index (χ4v) is 1.72. The Hall–Kier alpha value is -0.660. The van der Waals surface area contributed by atoms with E-state index >= 15 is 0 Å². The van der Waals surface area contributed by atoms with E-state index in [1.54, 1.807) is 22.9 Å². The first-order valence-corrected chi connectivity index (χ1v) is 4.66. The van der Waals surface area contributed by atoms with Crippen molar-refractivity contribution in [3.63, 3.8) is 0 Å². The van der Waals surface area contributed by atoms with Crippen molar-refractivity contribution in [2.24, 2.45) is 0 Å². The van der Waals surface area contributed by atoms with Crippen LogP contribution < -0.4 is 8.85 Å². The molecule has 2 N–H and O–H groups in total. The summed E-state index contributed by atoms with van der Waals surface area (Å²) >= 11 is 1.75. The summed E-state index contributed by atoms with van der Waals surface area (Å²) in [6.07, 6.45) is 0. The Morgan fingerprint density at radius 3 is 2.07 bits per heavy atom. The fraction of sp³-hybridized carbons (Fsp3) is 0.250. The topological polar surface area (TPSA) is 29.3 Å². The van der Waals surface area contributed by atoms with Gasteiger partial charge < -0.3 is 8.85 Å². The summed E-state index contributed by atoms with van der Waals surface area (Å²) in [7, 11) is 1.52. The van der Waals surface area contributed by atoms with Gasteiger partial charge in [0.1, 0.15) is 0 Å². The summed E-state index contributed by atoms with van der Waals surface area (Å²) < 4.78 is 40.4. The molecule has 0 spiro atoms. The van der Waals surface area contributed by atoms with E-state index in [2.05, 4.69) is 0 Å². The largest absolute Gasteiger partial charge is 0.396 e. The SMILES string of the molecule is Cc1c(N)c(F)c(F)c(F)c1N(C)I. The number of nitrogens with zero attached hydrogens (tertiary/aromatic N) is 1. The first-order chi connectivity index (χ1) is 6.37. The minimum Gasteiger partial charge on any atom is -0.396 e. The molecule has 0 saturated heterocycles. The number of rotatable bonds is 1. The van der Waals surface area contributed by atoms with E-state index in [1.807, 2.05) is 0 Å². The Bertz CT molecular complexity index is 350. The molecule has 0 heterocycles. The number of hydrogen-bond donors (Lipinski definition) is 1. The minimum absolute atomic E-state index is 0.0398. The van der Waals surface area contributed by atoms with Gasteiger partial charge in [0.2, 0.25) is 0 Å². The molecule has 0 aliphatic rings. The van der Waals surface area contributed by atoms with Gasteiger partial charge in [0.05, 0.1) is 34.2 Å². The molecule has 0 amide bonds. The third kappa shape index (κ3) is 1.62. The summed E-state index contributed by atoms with van der Waals surface area (Å²) in [5.74, 6) is -4.08. The Balaban J connectivity index is 3.60. The molecule has 0 aliphatic carbocycles. The van der Waals surface area contributed by atoms with E-state index in [0.717, 1.165) is 0 Å². The Morgan fingerprint density at radius 2 is 1.64 bits per heavy atom. The van der Waals surface area contributed by atoms with Gasteiger partial charge in [-0.1, -0.05) is 0 Å². The minimum atomic E-state index is -1.54. The standard InChI is InChI=1S/C8H8F3IN2/c1-3-7(13)5(10)4(9)6(11)8(3)14(2)12/h13H2,1-2H3. The van der Waals surface area contributed by atoms with Crippen LogP contribution in [0.2, 0.25) is 0 Å². The van der Waals surface area contributed by atoms with Gasteiger partial charge in [0.15, 0.2) is 17.5 Å². The lowest BCUT2D eigenvalue weighted by molar-refractivity contribution is 0.450. The van der Waals surface area contributed by atoms with E-state index in [9.17, 15) is 13.2 Å². The lowest BCUT2D eigenvalue weighted by Gasteiger charge is -2.16. The molecule has 6 heteroatoms. The highest BCUT2D eigenvalue weighted by Crippen LogP contribution is 2.33. The van der Waals surface area contributed by atoms with Crippen molar-refractivity contribution in [1.82, 2.24) is 0 Å². The number of benzene rings is 1. The van der Waals surface area contributed by atoms with E-state index in [1.165, 1.54) is 17.1 Å². The monoisotopic (exact) mass is 316 g/mol. The first kappa shape index (κ1) is 11.4. The van der Waals surface area contributed by atoms with Crippen LogP contribution in [0.4, 0.5) is 24.5 Å². The molecule has 78 valence electrons. The van der Waals surface area contributed by atoms with Crippen molar-refractivity contribution in [1.29, 1.82) is 0 Å². The summed E-state index contributed by atoms with van der Waals surface area (Å²) in [6, 6.07) is 0. The summed E-state index contributed by atoms with van der Waals surface area (Å²) in [6.45, 7) is 1.44. The average Bonchev–Trinajstić information content (AvgIpc) is 2.11. The van der Waals surface area contributed by atoms with E-state index in [-0.39, 0.29) is 16.9 Å². The molecule has 14 heavy (non-hydrogen) atoms. The zero-order chi connectivity index (χ0) is 11.0. The lowest BCUT2D eigenvalue weighted by atomic mass is 10.1. The first-order valence-electron chi connectivity index (χ1n) is 3.70. The van der Waals surface area contributed by atoms with Crippen molar-refractivity contribution in [3.8, 4) is 0 Å². The summed E-state index contributed by atoms with van der Waals surface area (Å²) in [5, 5.41) is 0. The maximum atomic E-state index is 13.2. The molecular weight excluding hydrogens is 308 g/mol. The quantitative estimate of drug-likeness (QED) is 0.374. The zero-order valence-electron chi connectivity index (χ0n) is 7.54. The second-order valence-electron chi connectivity index (χ2n) is 2.81. The number of nitrogen functional groups attached to an aromatic ring is 1. The van der Waals surface area contributed by atoms with Crippen LogP contribution in [0.25, 0.3) is 0 Å². The second kappa shape index (κ2) is 3.84. The van der Waals surface area contributed by atoms with Gasteiger partial charge in [-0.25, -0.2) is 13.2 Å². The molecule has 0 radical (unpaired) electrons. The van der Waals surface area contributed by atoms with Gasteiger partial charge >= 0.3 is 0 Å². The highest BCUT2D eigenvalue weighted by atomic mass is 127. The molecule has 1 aromatic carbocycles. The third-order valence-corrected chi connectivity index (χ3v) is 2.38. The van der Waals surface area contributed by atoms with Gasteiger partial charge in [-0.05, 0) is 6.92 Å². The van der Waals surface area contributed by atoms with E-state index in [4.69, 9.17) is 5.73 Å². The van der Waals surface area contributed by atoms with Gasteiger partial charge in [0.25, 0.3) is 0 Å². The number of anilines is 2. The zero-order valence-corrected chi connectivity index (χ0v) is 9.69. The van der Waals surface area contributed by atoms with Crippen LogP contribution in [0.5, 0.6) is 0 Å². The number of nitrogens with two attached hydrogens (primary N) is 1. The highest BCUT2D eigenvalue weighted by Gasteiger charge is 2.22. The Labute approximate surface area is 93.4 Å². The predicted octanol–water partition coefficient (Wildman–Crippen LogP) is 2.78. The molecule has 0 unspecified atom stereocenters. The van der Waals surface area contributed by atoms with Gasteiger partial charge in [0, 0.05) is 12.6 Å². The Morgan fingerprint density at radius 1 is 1.14 bits per heavy atom. The molecule has 1 aromatic rings. The van der Waals surface area contributed by atoms with Crippen LogP contribution in [0, 0.1) is 24.4 Å². The predicted molar refractivity (Wildman–Crippen MR) is 57.9 cm³/mol. The molecule has 0 aromatic heterocycles. The van der Waals surface area contributed by atoms with Crippen molar-refractivity contribution in [2.75, 3.05) is 15.9 Å².